The van der Waals surface area contributed by atoms with Gasteiger partial charge in [-0.15, -0.1) is 0 Å². The van der Waals surface area contributed by atoms with Crippen LogP contribution in [-0.4, -0.2) is 4.98 Å². The van der Waals surface area contributed by atoms with Crippen LogP contribution in [0.2, 0.25) is 0 Å². The van der Waals surface area contributed by atoms with Crippen LogP contribution in [0.25, 0.3) is 73.3 Å². The fourth-order valence-corrected chi connectivity index (χ4v) is 5.90. The van der Waals surface area contributed by atoms with E-state index < -0.39 is 0 Å². The molecular formula is C36H27NO. The number of nitrogens with zero attached hydrogens (tertiary/aromatic N) is 1. The van der Waals surface area contributed by atoms with Gasteiger partial charge in [-0.25, -0.2) is 4.98 Å². The Morgan fingerprint density at radius 3 is 2.50 bits per heavy atom. The van der Waals surface area contributed by atoms with Crippen molar-refractivity contribution >= 4 is 50.9 Å². The van der Waals surface area contributed by atoms with Gasteiger partial charge in [0.05, 0.1) is 11.4 Å². The van der Waals surface area contributed by atoms with Crippen LogP contribution in [0.1, 0.15) is 35.7 Å². The lowest BCUT2D eigenvalue weighted by atomic mass is 9.89. The lowest BCUT2D eigenvalue weighted by molar-refractivity contribution is 0.669. The van der Waals surface area contributed by atoms with Gasteiger partial charge >= 0.3 is 0 Å². The molecule has 0 fully saturated rings. The van der Waals surface area contributed by atoms with Crippen LogP contribution in [0.5, 0.6) is 0 Å². The molecule has 38 heavy (non-hydrogen) atoms. The van der Waals surface area contributed by atoms with E-state index >= 15 is 0 Å². The molecule has 0 N–H and O–H groups in total. The average molecular weight is 490 g/mol. The molecule has 7 rings (SSSR count). The van der Waals surface area contributed by atoms with E-state index in [1.807, 2.05) is 25.1 Å². The highest BCUT2D eigenvalue weighted by Gasteiger charge is 2.19. The summed E-state index contributed by atoms with van der Waals surface area (Å²) in [6.07, 6.45) is 12.8. The number of hydrogen-bond acceptors (Lipinski definition) is 2. The van der Waals surface area contributed by atoms with Crippen molar-refractivity contribution in [2.24, 2.45) is 0 Å². The molecule has 0 bridgehead atoms. The third kappa shape index (κ3) is 3.45. The molecule has 0 saturated carbocycles. The highest BCUT2D eigenvalue weighted by Crippen LogP contribution is 2.42. The van der Waals surface area contributed by atoms with E-state index in [1.165, 1.54) is 22.3 Å². The van der Waals surface area contributed by atoms with Gasteiger partial charge in [0.15, 0.2) is 0 Å². The number of rotatable bonds is 4. The summed E-state index contributed by atoms with van der Waals surface area (Å²) in [6, 6.07) is 28.0. The van der Waals surface area contributed by atoms with Gasteiger partial charge in [0, 0.05) is 27.3 Å². The van der Waals surface area contributed by atoms with Gasteiger partial charge in [-0.3, -0.25) is 0 Å². The highest BCUT2D eigenvalue weighted by molar-refractivity contribution is 6.23. The van der Waals surface area contributed by atoms with Crippen LogP contribution < -0.4 is 0 Å². The van der Waals surface area contributed by atoms with Crippen molar-refractivity contribution in [3.63, 3.8) is 0 Å². The summed E-state index contributed by atoms with van der Waals surface area (Å²) >= 11 is 0. The van der Waals surface area contributed by atoms with Gasteiger partial charge in [-0.05, 0) is 71.7 Å². The Balaban J connectivity index is 1.50. The first kappa shape index (κ1) is 22.5. The number of fused-ring (bicyclic) bond motifs is 6. The number of para-hydroxylation sites is 1. The predicted molar refractivity (Wildman–Crippen MR) is 162 cm³/mol. The molecule has 6 aromatic rings. The fraction of sp³-hybridized carbons (Fsp3) is 0.0833. The first-order valence-corrected chi connectivity index (χ1v) is 13.2. The minimum absolute atomic E-state index is 0.874. The van der Waals surface area contributed by atoms with Crippen LogP contribution >= 0.6 is 0 Å². The Morgan fingerprint density at radius 2 is 1.66 bits per heavy atom. The molecule has 0 saturated heterocycles. The molecule has 2 nitrogen and oxygen atoms in total. The standard InChI is InChI=1S/C36H27NO/c1-3-10-28-29-21-22-33-34(30-14-7-8-16-32(30)38-33)35(29)36(37-31(28)4-2)25-19-17-24(18-20-25)27-15-9-12-23-11-5-6-13-26(23)27/h3-4,6-10,12-22H,2,5,11H2,1H3/b10-3-. The zero-order valence-corrected chi connectivity index (χ0v) is 21.4. The number of furan rings is 1. The summed E-state index contributed by atoms with van der Waals surface area (Å²) in [5.41, 5.74) is 11.0. The van der Waals surface area contributed by atoms with Crippen molar-refractivity contribution in [2.75, 3.05) is 0 Å². The van der Waals surface area contributed by atoms with Crippen LogP contribution in [0.15, 0.2) is 102 Å². The minimum atomic E-state index is 0.874. The second-order valence-corrected chi connectivity index (χ2v) is 9.82. The average Bonchev–Trinajstić information content (AvgIpc) is 3.36. The highest BCUT2D eigenvalue weighted by atomic mass is 16.3. The molecule has 0 spiro atoms. The summed E-state index contributed by atoms with van der Waals surface area (Å²) in [7, 11) is 0. The number of allylic oxidation sites excluding steroid dienone is 2. The maximum absolute atomic E-state index is 6.27. The summed E-state index contributed by atoms with van der Waals surface area (Å²) in [4.78, 5) is 5.20. The molecule has 2 heterocycles. The molecule has 1 aliphatic carbocycles. The van der Waals surface area contributed by atoms with E-state index in [0.29, 0.717) is 0 Å². The maximum atomic E-state index is 6.27. The third-order valence-electron chi connectivity index (χ3n) is 7.64. The smallest absolute Gasteiger partial charge is 0.136 e. The first-order valence-electron chi connectivity index (χ1n) is 13.2. The van der Waals surface area contributed by atoms with E-state index in [4.69, 9.17) is 9.40 Å². The summed E-state index contributed by atoms with van der Waals surface area (Å²) < 4.78 is 6.27. The SMILES string of the molecule is C=Cc1nc(-c2ccc(-c3cccc4c3C=CCC4)cc2)c2c(ccc3oc4ccccc4c32)c1/C=C\C. The van der Waals surface area contributed by atoms with Crippen molar-refractivity contribution in [3.8, 4) is 22.4 Å². The molecule has 0 radical (unpaired) electrons. The molecule has 0 unspecified atom stereocenters. The van der Waals surface area contributed by atoms with Crippen molar-refractivity contribution in [1.29, 1.82) is 0 Å². The van der Waals surface area contributed by atoms with E-state index in [9.17, 15) is 0 Å². The lowest BCUT2D eigenvalue weighted by Crippen LogP contribution is -1.97. The molecule has 182 valence electrons. The number of pyridine rings is 1. The second-order valence-electron chi connectivity index (χ2n) is 9.82. The zero-order valence-electron chi connectivity index (χ0n) is 21.4. The van der Waals surface area contributed by atoms with Crippen LogP contribution in [0.4, 0.5) is 0 Å². The van der Waals surface area contributed by atoms with Crippen LogP contribution in [-0.2, 0) is 6.42 Å². The van der Waals surface area contributed by atoms with Gasteiger partial charge in [0.25, 0.3) is 0 Å². The van der Waals surface area contributed by atoms with Crippen molar-refractivity contribution in [3.05, 3.63) is 120 Å². The summed E-state index contributed by atoms with van der Waals surface area (Å²) in [5, 5.41) is 4.47. The van der Waals surface area contributed by atoms with Gasteiger partial charge in [0.1, 0.15) is 11.2 Å². The van der Waals surface area contributed by atoms with Crippen molar-refractivity contribution in [1.82, 2.24) is 4.98 Å². The lowest BCUT2D eigenvalue weighted by Gasteiger charge is -2.16. The summed E-state index contributed by atoms with van der Waals surface area (Å²) in [5.74, 6) is 0. The number of hydrogen-bond donors (Lipinski definition) is 0. The molecule has 0 amide bonds. The van der Waals surface area contributed by atoms with Crippen LogP contribution in [0, 0.1) is 0 Å². The maximum Gasteiger partial charge on any atom is 0.136 e. The van der Waals surface area contributed by atoms with E-state index in [0.717, 1.165) is 68.1 Å². The largest absolute Gasteiger partial charge is 0.456 e. The molecule has 0 atom stereocenters. The second kappa shape index (κ2) is 9.00. The van der Waals surface area contributed by atoms with Crippen LogP contribution in [0.3, 0.4) is 0 Å². The Bertz CT molecular complexity index is 1930. The minimum Gasteiger partial charge on any atom is -0.456 e. The van der Waals surface area contributed by atoms with Gasteiger partial charge in [0.2, 0.25) is 0 Å². The van der Waals surface area contributed by atoms with Gasteiger partial charge in [-0.2, -0.15) is 0 Å². The fourth-order valence-electron chi connectivity index (χ4n) is 5.90. The molecule has 4 aromatic carbocycles. The number of aromatic nitrogens is 1. The van der Waals surface area contributed by atoms with E-state index in [2.05, 4.69) is 97.6 Å². The quantitative estimate of drug-likeness (QED) is 0.246. The van der Waals surface area contributed by atoms with E-state index in [-0.39, 0.29) is 0 Å². The Kier molecular flexibility index (Phi) is 5.33. The molecular weight excluding hydrogens is 462 g/mol. The zero-order chi connectivity index (χ0) is 25.6. The first-order chi connectivity index (χ1) is 18.8. The topological polar surface area (TPSA) is 26.0 Å². The van der Waals surface area contributed by atoms with Crippen molar-refractivity contribution < 1.29 is 4.42 Å². The van der Waals surface area contributed by atoms with E-state index in [1.54, 1.807) is 0 Å². The number of benzene rings is 4. The molecule has 2 aromatic heterocycles. The third-order valence-corrected chi connectivity index (χ3v) is 7.64. The molecule has 2 heteroatoms. The Morgan fingerprint density at radius 1 is 0.816 bits per heavy atom. The van der Waals surface area contributed by atoms with Gasteiger partial charge < -0.3 is 4.42 Å². The Labute approximate surface area is 222 Å². The predicted octanol–water partition coefficient (Wildman–Crippen LogP) is 10.1. The molecule has 0 aliphatic heterocycles. The summed E-state index contributed by atoms with van der Waals surface area (Å²) in [6.45, 7) is 6.13. The molecule has 1 aliphatic rings. The van der Waals surface area contributed by atoms with Crippen molar-refractivity contribution in [2.45, 2.75) is 19.8 Å². The Hall–Kier alpha value is -4.69. The number of aryl methyl sites for hydroxylation is 1. The monoisotopic (exact) mass is 489 g/mol. The van der Waals surface area contributed by atoms with Gasteiger partial charge in [-0.1, -0.05) is 91.5 Å². The normalized spacial score (nSPS) is 13.1.